The average Bonchev–Trinajstić information content (AvgIpc) is 3.35. The molecule has 3 aromatic rings. The molecule has 0 bridgehead atoms. The molecule has 1 saturated heterocycles. The predicted octanol–water partition coefficient (Wildman–Crippen LogP) is 3.15. The lowest BCUT2D eigenvalue weighted by Crippen LogP contribution is -2.28. The van der Waals surface area contributed by atoms with Crippen LogP contribution < -0.4 is 0 Å². The Morgan fingerprint density at radius 3 is 2.70 bits per heavy atom. The van der Waals surface area contributed by atoms with E-state index >= 15 is 0 Å². The minimum atomic E-state index is 0.0544. The van der Waals surface area contributed by atoms with E-state index in [1.165, 1.54) is 23.3 Å². The zero-order valence-electron chi connectivity index (χ0n) is 12.3. The molecule has 0 aliphatic carbocycles. The Bertz CT molecular complexity index is 772. The van der Waals surface area contributed by atoms with E-state index in [0.29, 0.717) is 18.9 Å². The van der Waals surface area contributed by atoms with Crippen molar-refractivity contribution < 1.29 is 9.32 Å². The Hall–Kier alpha value is -2.47. The fraction of sp³-hybridized carbons (Fsp3) is 0.235. The third-order valence-electron chi connectivity index (χ3n) is 4.31. The van der Waals surface area contributed by atoms with Crippen molar-refractivity contribution in [1.82, 2.24) is 15.0 Å². The summed E-state index contributed by atoms with van der Waals surface area (Å²) in [6, 6.07) is 12.1. The van der Waals surface area contributed by atoms with Crippen molar-refractivity contribution in [1.29, 1.82) is 0 Å². The lowest BCUT2D eigenvalue weighted by Gasteiger charge is -2.16. The van der Waals surface area contributed by atoms with Crippen LogP contribution in [0.25, 0.3) is 0 Å². The molecule has 1 aromatic carbocycles. The van der Waals surface area contributed by atoms with Gasteiger partial charge in [-0.05, 0) is 17.0 Å². The normalized spacial score (nSPS) is 20.8. The van der Waals surface area contributed by atoms with Crippen molar-refractivity contribution in [2.45, 2.75) is 11.8 Å². The maximum absolute atomic E-state index is 12.7. The fourth-order valence-electron chi connectivity index (χ4n) is 3.18. The topological polar surface area (TPSA) is 59.2 Å². The first kappa shape index (κ1) is 14.1. The number of rotatable bonds is 3. The summed E-state index contributed by atoms with van der Waals surface area (Å²) in [5, 5.41) is 7.82. The van der Waals surface area contributed by atoms with Gasteiger partial charge < -0.3 is 9.42 Å². The molecule has 1 amide bonds. The second kappa shape index (κ2) is 5.96. The molecule has 4 rings (SSSR count). The molecule has 2 unspecified atom stereocenters. The number of hydrogen-bond acceptors (Lipinski definition) is 5. The van der Waals surface area contributed by atoms with Crippen LogP contribution in [-0.4, -0.2) is 34.0 Å². The average molecular weight is 325 g/mol. The van der Waals surface area contributed by atoms with Crippen LogP contribution in [0.4, 0.5) is 0 Å². The standard InChI is InChI=1S/C17H15N3O2S/c21-17(13-6-7-23-10-13)20-8-14(12-4-2-1-3-5-12)15(9-20)16-18-11-22-19-16/h1-7,10-11,14-15H,8-9H2. The van der Waals surface area contributed by atoms with Gasteiger partial charge in [-0.15, -0.1) is 0 Å². The highest BCUT2D eigenvalue weighted by Crippen LogP contribution is 2.38. The Kier molecular flexibility index (Phi) is 3.67. The minimum Gasteiger partial charge on any atom is -0.343 e. The van der Waals surface area contributed by atoms with Gasteiger partial charge in [-0.2, -0.15) is 16.3 Å². The van der Waals surface area contributed by atoms with Gasteiger partial charge in [-0.3, -0.25) is 4.79 Å². The highest BCUT2D eigenvalue weighted by Gasteiger charge is 2.39. The van der Waals surface area contributed by atoms with Crippen molar-refractivity contribution >= 4 is 17.2 Å². The Balaban J connectivity index is 1.65. The number of benzene rings is 1. The summed E-state index contributed by atoms with van der Waals surface area (Å²) in [6.45, 7) is 1.27. The lowest BCUT2D eigenvalue weighted by molar-refractivity contribution is 0.0789. The smallest absolute Gasteiger partial charge is 0.254 e. The van der Waals surface area contributed by atoms with Gasteiger partial charge in [0, 0.05) is 30.3 Å². The second-order valence-electron chi connectivity index (χ2n) is 5.64. The van der Waals surface area contributed by atoms with Gasteiger partial charge in [0.1, 0.15) is 0 Å². The summed E-state index contributed by atoms with van der Waals surface area (Å²) >= 11 is 1.54. The van der Waals surface area contributed by atoms with Gasteiger partial charge in [-0.1, -0.05) is 35.5 Å². The van der Waals surface area contributed by atoms with Crippen molar-refractivity contribution in [2.24, 2.45) is 0 Å². The van der Waals surface area contributed by atoms with E-state index in [-0.39, 0.29) is 17.7 Å². The fourth-order valence-corrected chi connectivity index (χ4v) is 3.81. The number of likely N-dealkylation sites (tertiary alicyclic amines) is 1. The first-order chi connectivity index (χ1) is 11.3. The van der Waals surface area contributed by atoms with Crippen molar-refractivity contribution in [3.05, 3.63) is 70.5 Å². The van der Waals surface area contributed by atoms with Gasteiger partial charge in [0.05, 0.1) is 5.56 Å². The van der Waals surface area contributed by atoms with Crippen molar-refractivity contribution in [2.75, 3.05) is 13.1 Å². The number of aromatic nitrogens is 2. The highest BCUT2D eigenvalue weighted by atomic mass is 32.1. The molecule has 0 spiro atoms. The zero-order valence-corrected chi connectivity index (χ0v) is 13.1. The van der Waals surface area contributed by atoms with Crippen LogP contribution in [0.1, 0.15) is 33.6 Å². The Morgan fingerprint density at radius 2 is 2.00 bits per heavy atom. The summed E-state index contributed by atoms with van der Waals surface area (Å²) in [7, 11) is 0. The van der Waals surface area contributed by atoms with Crippen LogP contribution in [0.15, 0.2) is 58.1 Å². The molecule has 1 aliphatic rings. The molecule has 1 fully saturated rings. The summed E-state index contributed by atoms with van der Waals surface area (Å²) < 4.78 is 4.92. The van der Waals surface area contributed by atoms with E-state index in [9.17, 15) is 4.79 Å². The molecule has 1 aliphatic heterocycles. The highest BCUT2D eigenvalue weighted by molar-refractivity contribution is 7.08. The number of carbonyl (C=O) groups excluding carboxylic acids is 1. The molecule has 116 valence electrons. The van der Waals surface area contributed by atoms with Crippen LogP contribution >= 0.6 is 11.3 Å². The van der Waals surface area contributed by atoms with E-state index in [1.54, 1.807) is 0 Å². The lowest BCUT2D eigenvalue weighted by atomic mass is 9.88. The third kappa shape index (κ3) is 2.66. The third-order valence-corrected chi connectivity index (χ3v) is 5.00. The van der Waals surface area contributed by atoms with Gasteiger partial charge >= 0.3 is 0 Å². The monoisotopic (exact) mass is 325 g/mol. The van der Waals surface area contributed by atoms with Crippen molar-refractivity contribution in [3.63, 3.8) is 0 Å². The number of nitrogens with zero attached hydrogens (tertiary/aromatic N) is 3. The van der Waals surface area contributed by atoms with E-state index < -0.39 is 0 Å². The number of carbonyl (C=O) groups is 1. The Morgan fingerprint density at radius 1 is 1.17 bits per heavy atom. The van der Waals surface area contributed by atoms with Crippen LogP contribution in [0.2, 0.25) is 0 Å². The molecule has 6 heteroatoms. The van der Waals surface area contributed by atoms with E-state index in [0.717, 1.165) is 5.56 Å². The van der Waals surface area contributed by atoms with Gasteiger partial charge in [0.25, 0.3) is 5.91 Å². The number of thiophene rings is 1. The SMILES string of the molecule is O=C(c1ccsc1)N1CC(c2ccccc2)C(c2ncon2)C1. The summed E-state index contributed by atoms with van der Waals surface area (Å²) in [5.41, 5.74) is 1.94. The van der Waals surface area contributed by atoms with Gasteiger partial charge in [-0.25, -0.2) is 0 Å². The zero-order chi connectivity index (χ0) is 15.6. The molecule has 2 aromatic heterocycles. The van der Waals surface area contributed by atoms with Gasteiger partial charge in [0.2, 0.25) is 6.39 Å². The second-order valence-corrected chi connectivity index (χ2v) is 6.42. The molecule has 2 atom stereocenters. The first-order valence-corrected chi connectivity index (χ1v) is 8.40. The van der Waals surface area contributed by atoms with E-state index in [4.69, 9.17) is 4.52 Å². The Labute approximate surface area is 137 Å². The molecule has 0 N–H and O–H groups in total. The molecule has 5 nitrogen and oxygen atoms in total. The van der Waals surface area contributed by atoms with Crippen molar-refractivity contribution in [3.8, 4) is 0 Å². The first-order valence-electron chi connectivity index (χ1n) is 7.45. The van der Waals surface area contributed by atoms with E-state index in [2.05, 4.69) is 22.3 Å². The predicted molar refractivity (Wildman–Crippen MR) is 86.4 cm³/mol. The van der Waals surface area contributed by atoms with Crippen LogP contribution in [0.5, 0.6) is 0 Å². The molecule has 23 heavy (non-hydrogen) atoms. The minimum absolute atomic E-state index is 0.0544. The van der Waals surface area contributed by atoms with Crippen LogP contribution in [0.3, 0.4) is 0 Å². The number of hydrogen-bond donors (Lipinski definition) is 0. The molecule has 3 heterocycles. The molecule has 0 saturated carbocycles. The van der Waals surface area contributed by atoms with Crippen LogP contribution in [0, 0.1) is 0 Å². The van der Waals surface area contributed by atoms with E-state index in [1.807, 2.05) is 39.9 Å². The molecule has 0 radical (unpaired) electrons. The largest absolute Gasteiger partial charge is 0.343 e. The summed E-state index contributed by atoms with van der Waals surface area (Å²) in [4.78, 5) is 18.8. The number of amides is 1. The summed E-state index contributed by atoms with van der Waals surface area (Å²) in [5.74, 6) is 0.966. The molecular weight excluding hydrogens is 310 g/mol. The summed E-state index contributed by atoms with van der Waals surface area (Å²) in [6.07, 6.45) is 1.35. The van der Waals surface area contributed by atoms with Crippen LogP contribution in [-0.2, 0) is 0 Å². The maximum Gasteiger partial charge on any atom is 0.254 e. The molecular formula is C17H15N3O2S. The van der Waals surface area contributed by atoms with Gasteiger partial charge in [0.15, 0.2) is 5.82 Å². The maximum atomic E-state index is 12.7. The quantitative estimate of drug-likeness (QED) is 0.742.